The molecule has 0 spiro atoms. The standard InChI is InChI=1S/C21H23N3O4/c1-3-11-22-20(25)16-6-8-17(9-7-16)23-21(26)24(4-2)13-15-5-10-18-19(12-15)28-14-27-18/h3,5-10,12H,1,4,11,13-14H2,2H3,(H,22,25)(H,23,26). The highest BCUT2D eigenvalue weighted by Gasteiger charge is 2.17. The van der Waals surface area contributed by atoms with Crippen molar-refractivity contribution in [2.45, 2.75) is 13.5 Å². The number of hydrogen-bond acceptors (Lipinski definition) is 4. The number of fused-ring (bicyclic) bond motifs is 1. The summed E-state index contributed by atoms with van der Waals surface area (Å²) in [4.78, 5) is 26.2. The Morgan fingerprint density at radius 2 is 1.89 bits per heavy atom. The van der Waals surface area contributed by atoms with Gasteiger partial charge in [-0.2, -0.15) is 0 Å². The van der Waals surface area contributed by atoms with Gasteiger partial charge in [0.25, 0.3) is 5.91 Å². The van der Waals surface area contributed by atoms with Gasteiger partial charge in [0, 0.05) is 30.9 Å². The monoisotopic (exact) mass is 381 g/mol. The number of carbonyl (C=O) groups is 2. The van der Waals surface area contributed by atoms with Crippen LogP contribution in [-0.4, -0.2) is 36.7 Å². The van der Waals surface area contributed by atoms with Crippen molar-refractivity contribution < 1.29 is 19.1 Å². The Labute approximate surface area is 163 Å². The van der Waals surface area contributed by atoms with E-state index in [-0.39, 0.29) is 18.7 Å². The fourth-order valence-electron chi connectivity index (χ4n) is 2.76. The van der Waals surface area contributed by atoms with Crippen LogP contribution in [0.3, 0.4) is 0 Å². The van der Waals surface area contributed by atoms with E-state index in [9.17, 15) is 9.59 Å². The van der Waals surface area contributed by atoms with Gasteiger partial charge >= 0.3 is 6.03 Å². The summed E-state index contributed by atoms with van der Waals surface area (Å²) >= 11 is 0. The molecule has 7 nitrogen and oxygen atoms in total. The van der Waals surface area contributed by atoms with Crippen LogP contribution in [0.1, 0.15) is 22.8 Å². The van der Waals surface area contributed by atoms with E-state index in [2.05, 4.69) is 17.2 Å². The number of carbonyl (C=O) groups excluding carboxylic acids is 2. The molecule has 146 valence electrons. The molecule has 2 aromatic carbocycles. The Hall–Kier alpha value is -3.48. The van der Waals surface area contributed by atoms with Crippen LogP contribution < -0.4 is 20.1 Å². The summed E-state index contributed by atoms with van der Waals surface area (Å²) in [6.07, 6.45) is 1.62. The third kappa shape index (κ3) is 4.62. The second-order valence-corrected chi connectivity index (χ2v) is 6.21. The van der Waals surface area contributed by atoms with Crippen molar-refractivity contribution in [3.05, 3.63) is 66.2 Å². The van der Waals surface area contributed by atoms with E-state index in [4.69, 9.17) is 9.47 Å². The van der Waals surface area contributed by atoms with E-state index >= 15 is 0 Å². The molecule has 0 bridgehead atoms. The molecule has 0 unspecified atom stereocenters. The first-order chi connectivity index (χ1) is 13.6. The van der Waals surface area contributed by atoms with Crippen LogP contribution in [0, 0.1) is 0 Å². The zero-order valence-corrected chi connectivity index (χ0v) is 15.7. The molecule has 0 fully saturated rings. The number of amides is 3. The van der Waals surface area contributed by atoms with Crippen molar-refractivity contribution in [3.63, 3.8) is 0 Å². The first-order valence-corrected chi connectivity index (χ1v) is 9.04. The van der Waals surface area contributed by atoms with Crippen LogP contribution in [0.5, 0.6) is 11.5 Å². The quantitative estimate of drug-likeness (QED) is 0.721. The molecular formula is C21H23N3O4. The molecule has 2 N–H and O–H groups in total. The number of anilines is 1. The Balaban J connectivity index is 1.60. The highest BCUT2D eigenvalue weighted by molar-refractivity contribution is 5.95. The van der Waals surface area contributed by atoms with Gasteiger partial charge < -0.3 is 25.0 Å². The summed E-state index contributed by atoms with van der Waals surface area (Å²) in [5, 5.41) is 5.57. The number of nitrogens with zero attached hydrogens (tertiary/aromatic N) is 1. The lowest BCUT2D eigenvalue weighted by molar-refractivity contribution is 0.0958. The largest absolute Gasteiger partial charge is 0.454 e. The average Bonchev–Trinajstić information content (AvgIpc) is 3.18. The van der Waals surface area contributed by atoms with Gasteiger partial charge in [0.15, 0.2) is 11.5 Å². The first kappa shape index (κ1) is 19.3. The minimum Gasteiger partial charge on any atom is -0.454 e. The van der Waals surface area contributed by atoms with Crippen molar-refractivity contribution >= 4 is 17.6 Å². The molecule has 0 aliphatic carbocycles. The molecule has 0 atom stereocenters. The van der Waals surface area contributed by atoms with Crippen molar-refractivity contribution in [1.29, 1.82) is 0 Å². The molecule has 1 heterocycles. The molecule has 1 aliphatic rings. The van der Waals surface area contributed by atoms with E-state index in [1.54, 1.807) is 35.2 Å². The molecule has 0 radical (unpaired) electrons. The summed E-state index contributed by atoms with van der Waals surface area (Å²) in [5.41, 5.74) is 2.09. The second-order valence-electron chi connectivity index (χ2n) is 6.21. The van der Waals surface area contributed by atoms with Gasteiger partial charge in [-0.15, -0.1) is 6.58 Å². The number of hydrogen-bond donors (Lipinski definition) is 2. The molecule has 7 heteroatoms. The third-order valence-corrected chi connectivity index (χ3v) is 4.28. The molecular weight excluding hydrogens is 358 g/mol. The van der Waals surface area contributed by atoms with Gasteiger partial charge in [-0.1, -0.05) is 12.1 Å². The lowest BCUT2D eigenvalue weighted by Crippen LogP contribution is -2.34. The molecule has 0 saturated carbocycles. The van der Waals surface area contributed by atoms with Gasteiger partial charge in [0.2, 0.25) is 6.79 Å². The Kier molecular flexibility index (Phi) is 6.16. The van der Waals surface area contributed by atoms with Gasteiger partial charge in [-0.3, -0.25) is 4.79 Å². The van der Waals surface area contributed by atoms with Crippen molar-refractivity contribution in [2.24, 2.45) is 0 Å². The zero-order chi connectivity index (χ0) is 19.9. The molecule has 0 aromatic heterocycles. The van der Waals surface area contributed by atoms with Crippen LogP contribution >= 0.6 is 0 Å². The van der Waals surface area contributed by atoms with Crippen LogP contribution in [-0.2, 0) is 6.54 Å². The molecule has 3 amide bonds. The van der Waals surface area contributed by atoms with Gasteiger partial charge in [0.05, 0.1) is 0 Å². The van der Waals surface area contributed by atoms with E-state index in [1.807, 2.05) is 25.1 Å². The van der Waals surface area contributed by atoms with Crippen molar-refractivity contribution in [3.8, 4) is 11.5 Å². The Morgan fingerprint density at radius 1 is 1.14 bits per heavy atom. The maximum absolute atomic E-state index is 12.6. The summed E-state index contributed by atoms with van der Waals surface area (Å²) in [5.74, 6) is 1.23. The lowest BCUT2D eigenvalue weighted by Gasteiger charge is -2.21. The number of rotatable bonds is 7. The summed E-state index contributed by atoms with van der Waals surface area (Å²) in [7, 11) is 0. The van der Waals surface area contributed by atoms with E-state index < -0.39 is 0 Å². The van der Waals surface area contributed by atoms with Crippen LogP contribution in [0.4, 0.5) is 10.5 Å². The maximum Gasteiger partial charge on any atom is 0.322 e. The lowest BCUT2D eigenvalue weighted by atomic mass is 10.2. The maximum atomic E-state index is 12.6. The van der Waals surface area contributed by atoms with E-state index in [0.29, 0.717) is 42.4 Å². The van der Waals surface area contributed by atoms with E-state index in [1.165, 1.54) is 0 Å². The van der Waals surface area contributed by atoms with Crippen molar-refractivity contribution in [1.82, 2.24) is 10.2 Å². The van der Waals surface area contributed by atoms with Crippen LogP contribution in [0.25, 0.3) is 0 Å². The highest BCUT2D eigenvalue weighted by Crippen LogP contribution is 2.32. The first-order valence-electron chi connectivity index (χ1n) is 9.04. The van der Waals surface area contributed by atoms with Crippen LogP contribution in [0.2, 0.25) is 0 Å². The third-order valence-electron chi connectivity index (χ3n) is 4.28. The predicted octanol–water partition coefficient (Wildman–Crippen LogP) is 3.39. The molecule has 28 heavy (non-hydrogen) atoms. The number of ether oxygens (including phenoxy) is 2. The summed E-state index contributed by atoms with van der Waals surface area (Å²) < 4.78 is 10.7. The number of nitrogens with one attached hydrogen (secondary N) is 2. The molecule has 1 aliphatic heterocycles. The van der Waals surface area contributed by atoms with Crippen LogP contribution in [0.15, 0.2) is 55.1 Å². The zero-order valence-electron chi connectivity index (χ0n) is 15.7. The minimum absolute atomic E-state index is 0.184. The van der Waals surface area contributed by atoms with Gasteiger partial charge in [-0.05, 0) is 48.9 Å². The van der Waals surface area contributed by atoms with Crippen molar-refractivity contribution in [2.75, 3.05) is 25.2 Å². The molecule has 2 aromatic rings. The number of urea groups is 1. The van der Waals surface area contributed by atoms with Gasteiger partial charge in [-0.25, -0.2) is 4.79 Å². The Bertz CT molecular complexity index is 864. The topological polar surface area (TPSA) is 79.9 Å². The average molecular weight is 381 g/mol. The summed E-state index contributed by atoms with van der Waals surface area (Å²) in [6.45, 7) is 7.10. The normalized spacial score (nSPS) is 11.6. The predicted molar refractivity (Wildman–Crippen MR) is 107 cm³/mol. The summed E-state index contributed by atoms with van der Waals surface area (Å²) in [6, 6.07) is 12.2. The SMILES string of the molecule is C=CCNC(=O)c1ccc(NC(=O)N(CC)Cc2ccc3c(c2)OCO3)cc1. The molecule has 0 saturated heterocycles. The second kappa shape index (κ2) is 8.94. The highest BCUT2D eigenvalue weighted by atomic mass is 16.7. The fourth-order valence-corrected chi connectivity index (χ4v) is 2.76. The smallest absolute Gasteiger partial charge is 0.322 e. The Morgan fingerprint density at radius 3 is 2.61 bits per heavy atom. The fraction of sp³-hybridized carbons (Fsp3) is 0.238. The van der Waals surface area contributed by atoms with Gasteiger partial charge in [0.1, 0.15) is 0 Å². The minimum atomic E-state index is -0.218. The van der Waals surface area contributed by atoms with E-state index in [0.717, 1.165) is 5.56 Å². The number of benzene rings is 2. The molecule has 3 rings (SSSR count).